The molecule has 3 nitrogen and oxygen atoms in total. The monoisotopic (exact) mass is 311 g/mol. The SMILES string of the molecule is Cc1cc(OCC(O)CN2CCC(C)CC2)cc(C)c1Cl. The van der Waals surface area contributed by atoms with E-state index in [2.05, 4.69) is 11.8 Å². The highest BCUT2D eigenvalue weighted by Gasteiger charge is 2.18. The predicted molar refractivity (Wildman–Crippen MR) is 87.3 cm³/mol. The summed E-state index contributed by atoms with van der Waals surface area (Å²) >= 11 is 6.14. The fourth-order valence-electron chi connectivity index (χ4n) is 2.78. The van der Waals surface area contributed by atoms with Crippen LogP contribution >= 0.6 is 11.6 Å². The summed E-state index contributed by atoms with van der Waals surface area (Å²) in [5.41, 5.74) is 2.01. The average molecular weight is 312 g/mol. The van der Waals surface area contributed by atoms with Crippen LogP contribution in [0.4, 0.5) is 0 Å². The topological polar surface area (TPSA) is 32.7 Å². The number of ether oxygens (including phenoxy) is 1. The molecule has 21 heavy (non-hydrogen) atoms. The fraction of sp³-hybridized carbons (Fsp3) is 0.647. The van der Waals surface area contributed by atoms with Gasteiger partial charge in [-0.05, 0) is 69.0 Å². The maximum Gasteiger partial charge on any atom is 0.120 e. The summed E-state index contributed by atoms with van der Waals surface area (Å²) in [6, 6.07) is 3.84. The second kappa shape index (κ2) is 7.48. The lowest BCUT2D eigenvalue weighted by atomic mass is 9.99. The molecule has 1 aliphatic rings. The minimum atomic E-state index is -0.449. The van der Waals surface area contributed by atoms with E-state index in [-0.39, 0.29) is 0 Å². The molecule has 0 aliphatic carbocycles. The zero-order valence-corrected chi connectivity index (χ0v) is 14.0. The number of benzene rings is 1. The van der Waals surface area contributed by atoms with Gasteiger partial charge in [-0.3, -0.25) is 0 Å². The summed E-state index contributed by atoms with van der Waals surface area (Å²) in [7, 11) is 0. The highest BCUT2D eigenvalue weighted by Crippen LogP contribution is 2.26. The van der Waals surface area contributed by atoms with E-state index >= 15 is 0 Å². The van der Waals surface area contributed by atoms with Crippen LogP contribution in [0.3, 0.4) is 0 Å². The van der Waals surface area contributed by atoms with E-state index in [1.807, 2.05) is 26.0 Å². The normalized spacial score (nSPS) is 18.7. The second-order valence-electron chi connectivity index (χ2n) is 6.32. The highest BCUT2D eigenvalue weighted by molar-refractivity contribution is 6.32. The largest absolute Gasteiger partial charge is 0.491 e. The molecule has 2 rings (SSSR count). The van der Waals surface area contributed by atoms with E-state index in [0.29, 0.717) is 13.2 Å². The van der Waals surface area contributed by atoms with Crippen LogP contribution in [0.5, 0.6) is 5.75 Å². The molecule has 4 heteroatoms. The van der Waals surface area contributed by atoms with Gasteiger partial charge < -0.3 is 14.7 Å². The molecule has 1 aromatic rings. The summed E-state index contributed by atoms with van der Waals surface area (Å²) in [5.74, 6) is 1.59. The standard InChI is InChI=1S/C17H26ClNO2/c1-12-4-6-19(7-5-12)10-15(20)11-21-16-8-13(2)17(18)14(3)9-16/h8-9,12,15,20H,4-7,10-11H2,1-3H3. The molecule has 1 saturated heterocycles. The number of hydrogen-bond donors (Lipinski definition) is 1. The predicted octanol–water partition coefficient (Wildman–Crippen LogP) is 3.43. The Hall–Kier alpha value is -0.770. The molecular formula is C17H26ClNO2. The molecule has 1 heterocycles. The van der Waals surface area contributed by atoms with Crippen LogP contribution in [-0.4, -0.2) is 42.4 Å². The van der Waals surface area contributed by atoms with Crippen molar-refractivity contribution in [1.82, 2.24) is 4.90 Å². The number of aryl methyl sites for hydroxylation is 2. The van der Waals surface area contributed by atoms with Crippen molar-refractivity contribution in [1.29, 1.82) is 0 Å². The maximum atomic E-state index is 10.1. The molecule has 0 radical (unpaired) electrons. The first-order valence-electron chi connectivity index (χ1n) is 7.75. The van der Waals surface area contributed by atoms with Crippen LogP contribution in [0.1, 0.15) is 30.9 Å². The van der Waals surface area contributed by atoms with Crippen LogP contribution < -0.4 is 4.74 Å². The van der Waals surface area contributed by atoms with E-state index in [0.717, 1.165) is 40.9 Å². The Morgan fingerprint density at radius 1 is 1.29 bits per heavy atom. The molecular weight excluding hydrogens is 286 g/mol. The second-order valence-corrected chi connectivity index (χ2v) is 6.70. The molecule has 1 atom stereocenters. The minimum Gasteiger partial charge on any atom is -0.491 e. The number of aliphatic hydroxyl groups is 1. The van der Waals surface area contributed by atoms with Crippen LogP contribution in [0, 0.1) is 19.8 Å². The smallest absolute Gasteiger partial charge is 0.120 e. The molecule has 0 spiro atoms. The molecule has 1 aliphatic heterocycles. The Bertz CT molecular complexity index is 447. The number of rotatable bonds is 5. The molecule has 0 aromatic heterocycles. The van der Waals surface area contributed by atoms with Crippen molar-refractivity contribution in [3.05, 3.63) is 28.3 Å². The third-order valence-electron chi connectivity index (χ3n) is 4.20. The van der Waals surface area contributed by atoms with E-state index in [4.69, 9.17) is 16.3 Å². The van der Waals surface area contributed by atoms with Crippen molar-refractivity contribution < 1.29 is 9.84 Å². The van der Waals surface area contributed by atoms with Crippen molar-refractivity contribution in [2.24, 2.45) is 5.92 Å². The molecule has 0 amide bonds. The van der Waals surface area contributed by atoms with Crippen molar-refractivity contribution in [2.75, 3.05) is 26.2 Å². The lowest BCUT2D eigenvalue weighted by Crippen LogP contribution is -2.40. The highest BCUT2D eigenvalue weighted by atomic mass is 35.5. The number of β-amino-alcohol motifs (C(OH)–C–C–N with tert-alkyl or cyclic N) is 1. The summed E-state index contributed by atoms with van der Waals surface area (Å²) in [4.78, 5) is 2.33. The molecule has 118 valence electrons. The number of halogens is 1. The van der Waals surface area contributed by atoms with Crippen LogP contribution in [0.2, 0.25) is 5.02 Å². The van der Waals surface area contributed by atoms with Gasteiger partial charge in [0.1, 0.15) is 18.5 Å². The Morgan fingerprint density at radius 3 is 2.43 bits per heavy atom. The van der Waals surface area contributed by atoms with Gasteiger partial charge in [0.25, 0.3) is 0 Å². The number of aliphatic hydroxyl groups excluding tert-OH is 1. The number of nitrogens with zero attached hydrogens (tertiary/aromatic N) is 1. The van der Waals surface area contributed by atoms with Crippen LogP contribution in [0.15, 0.2) is 12.1 Å². The maximum absolute atomic E-state index is 10.1. The molecule has 1 N–H and O–H groups in total. The quantitative estimate of drug-likeness (QED) is 0.904. The number of hydrogen-bond acceptors (Lipinski definition) is 3. The lowest BCUT2D eigenvalue weighted by Gasteiger charge is -2.31. The van der Waals surface area contributed by atoms with Gasteiger partial charge in [-0.15, -0.1) is 0 Å². The van der Waals surface area contributed by atoms with Crippen molar-refractivity contribution in [3.8, 4) is 5.75 Å². The first-order chi connectivity index (χ1) is 9.95. The lowest BCUT2D eigenvalue weighted by molar-refractivity contribution is 0.0563. The number of piperidine rings is 1. The van der Waals surface area contributed by atoms with Crippen molar-refractivity contribution in [3.63, 3.8) is 0 Å². The van der Waals surface area contributed by atoms with E-state index in [9.17, 15) is 5.11 Å². The summed E-state index contributed by atoms with van der Waals surface area (Å²) in [6.07, 6.45) is 2.00. The van der Waals surface area contributed by atoms with Gasteiger partial charge in [-0.2, -0.15) is 0 Å². The molecule has 0 bridgehead atoms. The van der Waals surface area contributed by atoms with Crippen LogP contribution in [-0.2, 0) is 0 Å². The Labute approximate surface area is 132 Å². The van der Waals surface area contributed by atoms with Gasteiger partial charge >= 0.3 is 0 Å². The Balaban J connectivity index is 1.80. The molecule has 1 unspecified atom stereocenters. The van der Waals surface area contributed by atoms with Crippen molar-refractivity contribution >= 4 is 11.6 Å². The zero-order valence-electron chi connectivity index (χ0n) is 13.2. The Morgan fingerprint density at radius 2 is 1.86 bits per heavy atom. The molecule has 0 saturated carbocycles. The Kier molecular flexibility index (Phi) is 5.91. The van der Waals surface area contributed by atoms with E-state index in [1.165, 1.54) is 12.8 Å². The third kappa shape index (κ3) is 4.87. The van der Waals surface area contributed by atoms with Crippen LogP contribution in [0.25, 0.3) is 0 Å². The average Bonchev–Trinajstić information content (AvgIpc) is 2.45. The van der Waals surface area contributed by atoms with E-state index in [1.54, 1.807) is 0 Å². The summed E-state index contributed by atoms with van der Waals surface area (Å²) < 4.78 is 5.71. The van der Waals surface area contributed by atoms with Gasteiger partial charge in [0.15, 0.2) is 0 Å². The minimum absolute atomic E-state index is 0.326. The van der Waals surface area contributed by atoms with Gasteiger partial charge in [0.2, 0.25) is 0 Å². The molecule has 1 aromatic carbocycles. The van der Waals surface area contributed by atoms with Gasteiger partial charge in [-0.25, -0.2) is 0 Å². The zero-order chi connectivity index (χ0) is 15.4. The number of likely N-dealkylation sites (tertiary alicyclic amines) is 1. The fourth-order valence-corrected chi connectivity index (χ4v) is 2.89. The van der Waals surface area contributed by atoms with Crippen molar-refractivity contribution in [2.45, 2.75) is 39.7 Å². The third-order valence-corrected chi connectivity index (χ3v) is 4.79. The van der Waals surface area contributed by atoms with Gasteiger partial charge in [-0.1, -0.05) is 18.5 Å². The summed E-state index contributed by atoms with van der Waals surface area (Å²) in [6.45, 7) is 9.41. The van der Waals surface area contributed by atoms with Gasteiger partial charge in [0, 0.05) is 11.6 Å². The van der Waals surface area contributed by atoms with Gasteiger partial charge in [0.05, 0.1) is 0 Å². The van der Waals surface area contributed by atoms with E-state index < -0.39 is 6.10 Å². The summed E-state index contributed by atoms with van der Waals surface area (Å²) in [5, 5.41) is 10.9. The molecule has 1 fully saturated rings. The first-order valence-corrected chi connectivity index (χ1v) is 8.13. The first kappa shape index (κ1) is 16.6.